The van der Waals surface area contributed by atoms with Crippen molar-refractivity contribution in [3.05, 3.63) is 81.7 Å². The predicted octanol–water partition coefficient (Wildman–Crippen LogP) is 7.61. The van der Waals surface area contributed by atoms with Gasteiger partial charge in [-0.1, -0.05) is 62.2 Å². The third kappa shape index (κ3) is 5.30. The van der Waals surface area contributed by atoms with Crippen LogP contribution < -0.4 is 5.32 Å². The number of fused-ring (bicyclic) bond motifs is 2. The fourth-order valence-electron chi connectivity index (χ4n) is 5.02. The topological polar surface area (TPSA) is 68.3 Å². The van der Waals surface area contributed by atoms with Crippen LogP contribution in [0.15, 0.2) is 54.6 Å². The van der Waals surface area contributed by atoms with Crippen LogP contribution in [-0.2, 0) is 24.0 Å². The molecule has 2 aromatic heterocycles. The summed E-state index contributed by atoms with van der Waals surface area (Å²) in [7, 11) is 0. The van der Waals surface area contributed by atoms with Crippen LogP contribution in [-0.4, -0.2) is 23.5 Å². The Bertz CT molecular complexity index is 1440. The zero-order valence-electron chi connectivity index (χ0n) is 21.4. The predicted molar refractivity (Wildman–Crippen MR) is 151 cm³/mol. The van der Waals surface area contributed by atoms with Crippen LogP contribution in [0.2, 0.25) is 0 Å². The molecule has 0 atom stereocenters. The van der Waals surface area contributed by atoms with E-state index < -0.39 is 0 Å². The van der Waals surface area contributed by atoms with Crippen molar-refractivity contribution in [1.29, 1.82) is 0 Å². The minimum Gasteiger partial charge on any atom is -0.462 e. The van der Waals surface area contributed by atoms with E-state index in [1.807, 2.05) is 37.3 Å². The zero-order valence-corrected chi connectivity index (χ0v) is 22.2. The van der Waals surface area contributed by atoms with E-state index in [1.165, 1.54) is 28.2 Å². The normalized spacial score (nSPS) is 13.5. The van der Waals surface area contributed by atoms with Gasteiger partial charge in [-0.05, 0) is 62.3 Å². The van der Waals surface area contributed by atoms with Gasteiger partial charge in [0.25, 0.3) is 5.91 Å². The molecule has 1 aliphatic carbocycles. The zero-order chi connectivity index (χ0) is 25.8. The fraction of sp³-hybridized carbons (Fsp3) is 0.323. The van der Waals surface area contributed by atoms with Gasteiger partial charge < -0.3 is 10.1 Å². The van der Waals surface area contributed by atoms with Gasteiger partial charge in [-0.3, -0.25) is 4.79 Å². The summed E-state index contributed by atoms with van der Waals surface area (Å²) in [5, 5.41) is 4.47. The average Bonchev–Trinajstić information content (AvgIpc) is 3.23. The second-order valence-electron chi connectivity index (χ2n) is 9.42. The van der Waals surface area contributed by atoms with E-state index in [0.717, 1.165) is 66.2 Å². The van der Waals surface area contributed by atoms with Gasteiger partial charge in [-0.25, -0.2) is 9.78 Å². The van der Waals surface area contributed by atoms with Crippen molar-refractivity contribution in [2.45, 2.75) is 58.8 Å². The van der Waals surface area contributed by atoms with Crippen molar-refractivity contribution < 1.29 is 14.3 Å². The Balaban J connectivity index is 1.56. The molecule has 0 aliphatic heterocycles. The van der Waals surface area contributed by atoms with Crippen LogP contribution in [0.25, 0.3) is 22.2 Å². The molecular formula is C31H32N2O3S. The van der Waals surface area contributed by atoms with Crippen molar-refractivity contribution in [1.82, 2.24) is 4.98 Å². The van der Waals surface area contributed by atoms with E-state index in [-0.39, 0.29) is 11.9 Å². The first-order chi connectivity index (χ1) is 18.1. The molecule has 37 heavy (non-hydrogen) atoms. The lowest BCUT2D eigenvalue weighted by Gasteiger charge is -2.12. The molecule has 2 aromatic carbocycles. The molecule has 0 bridgehead atoms. The maximum Gasteiger partial charge on any atom is 0.341 e. The van der Waals surface area contributed by atoms with Crippen molar-refractivity contribution >= 4 is 39.1 Å². The number of benzene rings is 2. The van der Waals surface area contributed by atoms with Crippen LogP contribution in [0.5, 0.6) is 0 Å². The lowest BCUT2D eigenvalue weighted by atomic mass is 9.96. The van der Waals surface area contributed by atoms with Crippen LogP contribution in [0.3, 0.4) is 0 Å². The highest BCUT2D eigenvalue weighted by atomic mass is 32.1. The number of amides is 1. The van der Waals surface area contributed by atoms with E-state index in [1.54, 1.807) is 0 Å². The van der Waals surface area contributed by atoms with Gasteiger partial charge in [0, 0.05) is 15.8 Å². The highest BCUT2D eigenvalue weighted by Crippen LogP contribution is 2.38. The molecule has 0 saturated heterocycles. The van der Waals surface area contributed by atoms with Crippen LogP contribution in [0, 0.1) is 0 Å². The van der Waals surface area contributed by atoms with E-state index in [0.29, 0.717) is 22.7 Å². The number of nitrogens with one attached hydrogen (secondary N) is 1. The van der Waals surface area contributed by atoms with Gasteiger partial charge in [0.05, 0.1) is 28.9 Å². The SMILES string of the molecule is CCOC(=O)c1c(NC(=O)c2cc(-c3ccc(CC)cc3)nc3ccccc23)sc2c1CCCCCC2. The summed E-state index contributed by atoms with van der Waals surface area (Å²) >= 11 is 1.52. The standard InChI is InChI=1S/C31H32N2O3S/c1-3-20-15-17-21(18-16-20)26-19-24(22-11-9-10-13-25(22)32-26)29(34)33-30-28(31(35)36-4-2)23-12-7-5-6-8-14-27(23)37-30/h9-11,13,15-19H,3-8,12,14H2,1-2H3,(H,33,34). The Labute approximate surface area is 221 Å². The Morgan fingerprint density at radius 1 is 0.973 bits per heavy atom. The number of anilines is 1. The van der Waals surface area contributed by atoms with Gasteiger partial charge >= 0.3 is 5.97 Å². The first-order valence-electron chi connectivity index (χ1n) is 13.2. The van der Waals surface area contributed by atoms with Crippen LogP contribution >= 0.6 is 11.3 Å². The smallest absolute Gasteiger partial charge is 0.341 e. The largest absolute Gasteiger partial charge is 0.462 e. The molecular weight excluding hydrogens is 480 g/mol. The molecule has 0 unspecified atom stereocenters. The monoisotopic (exact) mass is 512 g/mol. The van der Waals surface area contributed by atoms with Crippen molar-refractivity contribution in [3.63, 3.8) is 0 Å². The number of carbonyl (C=O) groups excluding carboxylic acids is 2. The quantitative estimate of drug-likeness (QED) is 0.270. The summed E-state index contributed by atoms with van der Waals surface area (Å²) in [4.78, 5) is 32.9. The summed E-state index contributed by atoms with van der Waals surface area (Å²) in [6, 6.07) is 17.8. The summed E-state index contributed by atoms with van der Waals surface area (Å²) in [6.07, 6.45) is 7.22. The molecule has 0 spiro atoms. The minimum atomic E-state index is -0.354. The number of aromatic nitrogens is 1. The van der Waals surface area contributed by atoms with E-state index in [4.69, 9.17) is 9.72 Å². The number of pyridine rings is 1. The molecule has 4 aromatic rings. The van der Waals surface area contributed by atoms with Gasteiger partial charge in [0.2, 0.25) is 0 Å². The van der Waals surface area contributed by atoms with Gasteiger partial charge in [0.1, 0.15) is 5.00 Å². The van der Waals surface area contributed by atoms with E-state index in [9.17, 15) is 9.59 Å². The molecule has 1 amide bonds. The summed E-state index contributed by atoms with van der Waals surface area (Å²) in [5.74, 6) is -0.600. The number of para-hydroxylation sites is 1. The lowest BCUT2D eigenvalue weighted by molar-refractivity contribution is 0.0526. The number of ether oxygens (including phenoxy) is 1. The van der Waals surface area contributed by atoms with Gasteiger partial charge in [0.15, 0.2) is 0 Å². The molecule has 190 valence electrons. The number of esters is 1. The molecule has 1 aliphatic rings. The maximum absolute atomic E-state index is 13.8. The number of hydrogen-bond acceptors (Lipinski definition) is 5. The van der Waals surface area contributed by atoms with Crippen LogP contribution in [0.1, 0.15) is 76.3 Å². The molecule has 1 N–H and O–H groups in total. The van der Waals surface area contributed by atoms with E-state index >= 15 is 0 Å². The number of thiophene rings is 1. The number of carbonyl (C=O) groups is 2. The Hall–Kier alpha value is -3.51. The molecule has 0 saturated carbocycles. The summed E-state index contributed by atoms with van der Waals surface area (Å²) in [5.41, 5.74) is 5.84. The number of rotatable bonds is 6. The minimum absolute atomic E-state index is 0.246. The first kappa shape index (κ1) is 25.2. The molecule has 5 rings (SSSR count). The maximum atomic E-state index is 13.8. The summed E-state index contributed by atoms with van der Waals surface area (Å²) < 4.78 is 5.42. The number of aryl methyl sites for hydroxylation is 2. The summed E-state index contributed by atoms with van der Waals surface area (Å²) in [6.45, 7) is 4.23. The second-order valence-corrected chi connectivity index (χ2v) is 10.5. The lowest BCUT2D eigenvalue weighted by Crippen LogP contribution is -2.16. The van der Waals surface area contributed by atoms with Gasteiger partial charge in [-0.15, -0.1) is 11.3 Å². The molecule has 6 heteroatoms. The highest BCUT2D eigenvalue weighted by Gasteiger charge is 2.27. The first-order valence-corrected chi connectivity index (χ1v) is 14.0. The molecule has 2 heterocycles. The Kier molecular flexibility index (Phi) is 7.65. The Morgan fingerprint density at radius 2 is 1.73 bits per heavy atom. The third-order valence-corrected chi connectivity index (χ3v) is 8.20. The number of hydrogen-bond donors (Lipinski definition) is 1. The van der Waals surface area contributed by atoms with Crippen LogP contribution in [0.4, 0.5) is 5.00 Å². The molecule has 0 radical (unpaired) electrons. The number of nitrogens with zero attached hydrogens (tertiary/aromatic N) is 1. The van der Waals surface area contributed by atoms with Crippen molar-refractivity contribution in [2.24, 2.45) is 0 Å². The Morgan fingerprint density at radius 3 is 2.49 bits per heavy atom. The average molecular weight is 513 g/mol. The van der Waals surface area contributed by atoms with E-state index in [2.05, 4.69) is 36.5 Å². The van der Waals surface area contributed by atoms with Crippen molar-refractivity contribution in [3.8, 4) is 11.3 Å². The fourth-order valence-corrected chi connectivity index (χ4v) is 6.29. The second kappa shape index (κ2) is 11.3. The van der Waals surface area contributed by atoms with Gasteiger partial charge in [-0.2, -0.15) is 0 Å². The molecule has 5 nitrogen and oxygen atoms in total. The highest BCUT2D eigenvalue weighted by molar-refractivity contribution is 7.17. The van der Waals surface area contributed by atoms with Crippen molar-refractivity contribution in [2.75, 3.05) is 11.9 Å². The third-order valence-electron chi connectivity index (χ3n) is 7.00. The molecule has 0 fully saturated rings.